The van der Waals surface area contributed by atoms with Gasteiger partial charge < -0.3 is 10.2 Å². The maximum atomic E-state index is 4.57. The first-order valence-corrected chi connectivity index (χ1v) is 7.34. The van der Waals surface area contributed by atoms with Gasteiger partial charge in [0.25, 0.3) is 0 Å². The van der Waals surface area contributed by atoms with Crippen molar-refractivity contribution in [1.82, 2.24) is 15.2 Å². The zero-order valence-corrected chi connectivity index (χ0v) is 11.9. The molecule has 2 unspecified atom stereocenters. The zero-order chi connectivity index (χ0) is 12.3. The molecule has 1 N–H and O–H groups in total. The van der Waals surface area contributed by atoms with Crippen LogP contribution in [0.5, 0.6) is 0 Å². The third kappa shape index (κ3) is 3.27. The first-order chi connectivity index (χ1) is 8.20. The van der Waals surface area contributed by atoms with Gasteiger partial charge in [0.1, 0.15) is 0 Å². The topological polar surface area (TPSA) is 28.2 Å². The lowest BCUT2D eigenvalue weighted by molar-refractivity contribution is 0.184. The number of rotatable bonds is 4. The van der Waals surface area contributed by atoms with E-state index in [2.05, 4.69) is 29.2 Å². The Hall–Kier alpha value is -0.450. The standard InChI is InChI=1S/C13H23N3S/c1-10(14-2)12-9-15-13(17-12)8-11-6-4-5-7-16(11)3/h9-11,14H,4-8H2,1-3H3. The third-order valence-corrected chi connectivity index (χ3v) is 4.97. The lowest BCUT2D eigenvalue weighted by Gasteiger charge is -2.31. The number of hydrogen-bond donors (Lipinski definition) is 1. The number of nitrogens with one attached hydrogen (secondary N) is 1. The average molecular weight is 253 g/mol. The monoisotopic (exact) mass is 253 g/mol. The van der Waals surface area contributed by atoms with Crippen LogP contribution in [0.3, 0.4) is 0 Å². The third-order valence-electron chi connectivity index (χ3n) is 3.76. The van der Waals surface area contributed by atoms with E-state index in [0.717, 1.165) is 6.42 Å². The highest BCUT2D eigenvalue weighted by Gasteiger charge is 2.20. The molecule has 0 aromatic carbocycles. The Morgan fingerprint density at radius 3 is 3.12 bits per heavy atom. The minimum Gasteiger partial charge on any atom is -0.312 e. The van der Waals surface area contributed by atoms with E-state index in [1.165, 1.54) is 35.7 Å². The van der Waals surface area contributed by atoms with Crippen LogP contribution in [-0.4, -0.2) is 36.6 Å². The fraction of sp³-hybridized carbons (Fsp3) is 0.769. The highest BCUT2D eigenvalue weighted by molar-refractivity contribution is 7.11. The molecule has 2 heterocycles. The normalized spacial score (nSPS) is 23.8. The minimum absolute atomic E-state index is 0.422. The van der Waals surface area contributed by atoms with E-state index in [0.29, 0.717) is 12.1 Å². The summed E-state index contributed by atoms with van der Waals surface area (Å²) in [5, 5.41) is 4.56. The van der Waals surface area contributed by atoms with Crippen molar-refractivity contribution in [3.8, 4) is 0 Å². The van der Waals surface area contributed by atoms with E-state index >= 15 is 0 Å². The van der Waals surface area contributed by atoms with E-state index in [-0.39, 0.29) is 0 Å². The summed E-state index contributed by atoms with van der Waals surface area (Å²) in [6.45, 7) is 3.43. The number of piperidine rings is 1. The van der Waals surface area contributed by atoms with Crippen molar-refractivity contribution in [3.63, 3.8) is 0 Å². The van der Waals surface area contributed by atoms with Gasteiger partial charge in [-0.2, -0.15) is 0 Å². The van der Waals surface area contributed by atoms with Gasteiger partial charge >= 0.3 is 0 Å². The minimum atomic E-state index is 0.422. The molecule has 17 heavy (non-hydrogen) atoms. The second-order valence-corrected chi connectivity index (χ2v) is 6.15. The van der Waals surface area contributed by atoms with E-state index in [1.54, 1.807) is 0 Å². The molecule has 96 valence electrons. The molecule has 0 amide bonds. The Labute approximate surface area is 108 Å². The summed E-state index contributed by atoms with van der Waals surface area (Å²) in [5.74, 6) is 0. The predicted molar refractivity (Wildman–Crippen MR) is 73.6 cm³/mol. The van der Waals surface area contributed by atoms with Crippen molar-refractivity contribution < 1.29 is 0 Å². The van der Waals surface area contributed by atoms with Gasteiger partial charge in [0.05, 0.1) is 5.01 Å². The summed E-state index contributed by atoms with van der Waals surface area (Å²) < 4.78 is 0. The van der Waals surface area contributed by atoms with Crippen molar-refractivity contribution in [2.45, 2.75) is 44.7 Å². The Balaban J connectivity index is 1.96. The van der Waals surface area contributed by atoms with Crippen LogP contribution in [0.1, 0.15) is 42.1 Å². The van der Waals surface area contributed by atoms with E-state index in [1.807, 2.05) is 24.6 Å². The van der Waals surface area contributed by atoms with Crippen LogP contribution in [0.15, 0.2) is 6.20 Å². The van der Waals surface area contributed by atoms with Gasteiger partial charge in [0, 0.05) is 29.6 Å². The van der Waals surface area contributed by atoms with Gasteiger partial charge in [-0.1, -0.05) is 6.42 Å². The smallest absolute Gasteiger partial charge is 0.0943 e. The molecular formula is C13H23N3S. The van der Waals surface area contributed by atoms with Gasteiger partial charge in [-0.3, -0.25) is 0 Å². The van der Waals surface area contributed by atoms with Gasteiger partial charge in [-0.15, -0.1) is 11.3 Å². The summed E-state index contributed by atoms with van der Waals surface area (Å²) in [4.78, 5) is 8.41. The van der Waals surface area contributed by atoms with Gasteiger partial charge in [-0.25, -0.2) is 4.98 Å². The van der Waals surface area contributed by atoms with Crippen molar-refractivity contribution >= 4 is 11.3 Å². The second-order valence-electron chi connectivity index (χ2n) is 5.00. The van der Waals surface area contributed by atoms with Crippen LogP contribution in [0, 0.1) is 0 Å². The van der Waals surface area contributed by atoms with Gasteiger partial charge in [0.15, 0.2) is 0 Å². The van der Waals surface area contributed by atoms with Crippen molar-refractivity contribution in [2.24, 2.45) is 0 Å². The molecule has 0 aliphatic carbocycles. The van der Waals surface area contributed by atoms with Crippen LogP contribution in [0.4, 0.5) is 0 Å². The molecule has 3 nitrogen and oxygen atoms in total. The number of thiazole rings is 1. The van der Waals surface area contributed by atoms with E-state index in [4.69, 9.17) is 0 Å². The molecule has 2 atom stereocenters. The lowest BCUT2D eigenvalue weighted by atomic mass is 10.0. The first-order valence-electron chi connectivity index (χ1n) is 6.53. The fourth-order valence-electron chi connectivity index (χ4n) is 2.36. The number of nitrogens with zero attached hydrogens (tertiary/aromatic N) is 2. The number of aromatic nitrogens is 1. The molecule has 1 saturated heterocycles. The van der Waals surface area contributed by atoms with Gasteiger partial charge in [-0.05, 0) is 40.4 Å². The van der Waals surface area contributed by atoms with Crippen molar-refractivity contribution in [2.75, 3.05) is 20.6 Å². The summed E-state index contributed by atoms with van der Waals surface area (Å²) in [5.41, 5.74) is 0. The Bertz CT molecular complexity index is 350. The van der Waals surface area contributed by atoms with E-state index < -0.39 is 0 Å². The Morgan fingerprint density at radius 1 is 1.59 bits per heavy atom. The molecule has 2 rings (SSSR count). The second kappa shape index (κ2) is 5.94. The molecule has 0 radical (unpaired) electrons. The van der Waals surface area contributed by atoms with Crippen LogP contribution < -0.4 is 5.32 Å². The number of likely N-dealkylation sites (tertiary alicyclic amines) is 1. The van der Waals surface area contributed by atoms with Crippen LogP contribution in [0.25, 0.3) is 0 Å². The first kappa shape index (κ1) is 13.0. The van der Waals surface area contributed by atoms with Crippen molar-refractivity contribution in [1.29, 1.82) is 0 Å². The zero-order valence-electron chi connectivity index (χ0n) is 11.1. The number of likely N-dealkylation sites (N-methyl/N-ethyl adjacent to an activating group) is 1. The van der Waals surface area contributed by atoms with Crippen molar-refractivity contribution in [3.05, 3.63) is 16.1 Å². The number of hydrogen-bond acceptors (Lipinski definition) is 4. The van der Waals surface area contributed by atoms with Gasteiger partial charge in [0.2, 0.25) is 0 Å². The van der Waals surface area contributed by atoms with Crippen LogP contribution in [0.2, 0.25) is 0 Å². The summed E-state index contributed by atoms with van der Waals surface area (Å²) in [6, 6.07) is 1.12. The largest absolute Gasteiger partial charge is 0.312 e. The summed E-state index contributed by atoms with van der Waals surface area (Å²) in [7, 11) is 4.24. The molecule has 0 bridgehead atoms. The quantitative estimate of drug-likeness (QED) is 0.893. The molecule has 1 aliphatic heterocycles. The fourth-order valence-corrected chi connectivity index (χ4v) is 3.42. The lowest BCUT2D eigenvalue weighted by Crippen LogP contribution is -2.37. The Morgan fingerprint density at radius 2 is 2.41 bits per heavy atom. The highest BCUT2D eigenvalue weighted by atomic mass is 32.1. The Kier molecular flexibility index (Phi) is 4.54. The predicted octanol–water partition coefficient (Wildman–Crippen LogP) is 2.45. The molecule has 1 aliphatic rings. The average Bonchev–Trinajstić information content (AvgIpc) is 2.80. The summed E-state index contributed by atoms with van der Waals surface area (Å²) in [6.07, 6.45) is 7.21. The molecular weight excluding hydrogens is 230 g/mol. The van der Waals surface area contributed by atoms with Crippen LogP contribution in [-0.2, 0) is 6.42 Å². The molecule has 0 spiro atoms. The maximum absolute atomic E-state index is 4.57. The maximum Gasteiger partial charge on any atom is 0.0943 e. The molecule has 1 aromatic rings. The van der Waals surface area contributed by atoms with Crippen LogP contribution >= 0.6 is 11.3 Å². The molecule has 0 saturated carbocycles. The molecule has 1 fully saturated rings. The summed E-state index contributed by atoms with van der Waals surface area (Å²) >= 11 is 1.86. The SMILES string of the molecule is CNC(C)c1cnc(CC2CCCCN2C)s1. The highest BCUT2D eigenvalue weighted by Crippen LogP contribution is 2.24. The molecule has 4 heteroatoms. The molecule has 1 aromatic heterocycles. The van der Waals surface area contributed by atoms with E-state index in [9.17, 15) is 0 Å².